The fourth-order valence-corrected chi connectivity index (χ4v) is 2.72. The van der Waals surface area contributed by atoms with Gasteiger partial charge in [0.15, 0.2) is 0 Å². The Labute approximate surface area is 165 Å². The Hall–Kier alpha value is -3.28. The predicted octanol–water partition coefficient (Wildman–Crippen LogP) is 3.72. The van der Waals surface area contributed by atoms with Gasteiger partial charge in [-0.2, -0.15) is 0 Å². The van der Waals surface area contributed by atoms with Gasteiger partial charge in [-0.05, 0) is 42.8 Å². The van der Waals surface area contributed by atoms with Crippen molar-refractivity contribution in [3.8, 4) is 11.5 Å². The molecule has 0 unspecified atom stereocenters. The van der Waals surface area contributed by atoms with Crippen LogP contribution in [0.25, 0.3) is 6.08 Å². The molecule has 0 saturated carbocycles. The standard InChI is InChI=1S/C22H26N2O4/c1-5-24(16(2)25)15-17-7-6-8-19(13-17)23-22(26)12-10-18-9-11-20(27-3)14-21(18)28-4/h6-14H,5,15H2,1-4H3,(H,23,26)/b12-10+. The van der Waals surface area contributed by atoms with Crippen LogP contribution < -0.4 is 14.8 Å². The van der Waals surface area contributed by atoms with Gasteiger partial charge in [0.05, 0.1) is 14.2 Å². The van der Waals surface area contributed by atoms with Crippen molar-refractivity contribution in [2.45, 2.75) is 20.4 Å². The summed E-state index contributed by atoms with van der Waals surface area (Å²) in [4.78, 5) is 25.6. The summed E-state index contributed by atoms with van der Waals surface area (Å²) in [6.07, 6.45) is 3.14. The maximum Gasteiger partial charge on any atom is 0.248 e. The summed E-state index contributed by atoms with van der Waals surface area (Å²) >= 11 is 0. The Morgan fingerprint density at radius 3 is 2.54 bits per heavy atom. The van der Waals surface area contributed by atoms with Gasteiger partial charge in [-0.1, -0.05) is 12.1 Å². The SMILES string of the molecule is CCN(Cc1cccc(NC(=O)/C=C/c2ccc(OC)cc2OC)c1)C(C)=O. The highest BCUT2D eigenvalue weighted by molar-refractivity contribution is 6.02. The lowest BCUT2D eigenvalue weighted by Gasteiger charge is -2.19. The largest absolute Gasteiger partial charge is 0.497 e. The van der Waals surface area contributed by atoms with Crippen molar-refractivity contribution in [3.63, 3.8) is 0 Å². The van der Waals surface area contributed by atoms with Crippen LogP contribution in [0.4, 0.5) is 5.69 Å². The first kappa shape index (κ1) is 21.0. The molecule has 148 valence electrons. The van der Waals surface area contributed by atoms with Gasteiger partial charge in [-0.3, -0.25) is 9.59 Å². The van der Waals surface area contributed by atoms with Crippen LogP contribution in [0.5, 0.6) is 11.5 Å². The molecule has 2 aromatic rings. The van der Waals surface area contributed by atoms with Crippen molar-refractivity contribution in [3.05, 3.63) is 59.7 Å². The van der Waals surface area contributed by atoms with Crippen LogP contribution in [-0.2, 0) is 16.1 Å². The van der Waals surface area contributed by atoms with Gasteiger partial charge in [-0.15, -0.1) is 0 Å². The molecule has 0 saturated heterocycles. The first-order valence-electron chi connectivity index (χ1n) is 9.02. The highest BCUT2D eigenvalue weighted by Crippen LogP contribution is 2.25. The Balaban J connectivity index is 2.06. The minimum Gasteiger partial charge on any atom is -0.497 e. The molecule has 0 heterocycles. The number of nitrogens with one attached hydrogen (secondary N) is 1. The molecule has 0 atom stereocenters. The maximum atomic E-state index is 12.3. The lowest BCUT2D eigenvalue weighted by atomic mass is 10.1. The summed E-state index contributed by atoms with van der Waals surface area (Å²) in [5, 5.41) is 2.84. The van der Waals surface area contributed by atoms with Crippen LogP contribution in [0.1, 0.15) is 25.0 Å². The Morgan fingerprint density at radius 2 is 1.89 bits per heavy atom. The zero-order chi connectivity index (χ0) is 20.5. The van der Waals surface area contributed by atoms with E-state index in [1.165, 1.54) is 6.08 Å². The van der Waals surface area contributed by atoms with Crippen molar-refractivity contribution in [1.82, 2.24) is 4.90 Å². The molecule has 0 radical (unpaired) electrons. The summed E-state index contributed by atoms with van der Waals surface area (Å²) in [5.74, 6) is 1.07. The number of amides is 2. The van der Waals surface area contributed by atoms with Crippen LogP contribution in [0.15, 0.2) is 48.5 Å². The normalized spacial score (nSPS) is 10.6. The highest BCUT2D eigenvalue weighted by Gasteiger charge is 2.08. The van der Waals surface area contributed by atoms with E-state index in [1.54, 1.807) is 44.3 Å². The predicted molar refractivity (Wildman–Crippen MR) is 110 cm³/mol. The molecule has 0 aliphatic heterocycles. The van der Waals surface area contributed by atoms with E-state index in [1.807, 2.05) is 37.3 Å². The fraction of sp³-hybridized carbons (Fsp3) is 0.273. The average molecular weight is 382 g/mol. The zero-order valence-corrected chi connectivity index (χ0v) is 16.7. The molecule has 0 bridgehead atoms. The molecule has 0 aliphatic carbocycles. The Kier molecular flexibility index (Phi) is 7.63. The van der Waals surface area contributed by atoms with Crippen molar-refractivity contribution in [1.29, 1.82) is 0 Å². The van der Waals surface area contributed by atoms with E-state index in [-0.39, 0.29) is 11.8 Å². The second-order valence-electron chi connectivity index (χ2n) is 6.16. The van der Waals surface area contributed by atoms with Crippen molar-refractivity contribution in [2.75, 3.05) is 26.1 Å². The van der Waals surface area contributed by atoms with E-state index >= 15 is 0 Å². The molecule has 0 spiro atoms. The van der Waals surface area contributed by atoms with Crippen molar-refractivity contribution < 1.29 is 19.1 Å². The quantitative estimate of drug-likeness (QED) is 0.707. The van der Waals surface area contributed by atoms with E-state index in [2.05, 4.69) is 5.32 Å². The molecule has 0 aliphatic rings. The van der Waals surface area contributed by atoms with Gasteiger partial charge in [0.2, 0.25) is 11.8 Å². The van der Waals surface area contributed by atoms with Crippen LogP contribution in [0, 0.1) is 0 Å². The molecule has 0 fully saturated rings. The Morgan fingerprint density at radius 1 is 1.11 bits per heavy atom. The summed E-state index contributed by atoms with van der Waals surface area (Å²) in [7, 11) is 3.15. The maximum absolute atomic E-state index is 12.3. The van der Waals surface area contributed by atoms with Crippen LogP contribution in [-0.4, -0.2) is 37.5 Å². The monoisotopic (exact) mass is 382 g/mol. The third-order valence-corrected chi connectivity index (χ3v) is 4.25. The van der Waals surface area contributed by atoms with Gasteiger partial charge in [0, 0.05) is 43.4 Å². The van der Waals surface area contributed by atoms with Crippen molar-refractivity contribution >= 4 is 23.6 Å². The molecule has 2 amide bonds. The van der Waals surface area contributed by atoms with E-state index in [4.69, 9.17) is 9.47 Å². The van der Waals surface area contributed by atoms with Gasteiger partial charge in [0.25, 0.3) is 0 Å². The zero-order valence-electron chi connectivity index (χ0n) is 16.7. The highest BCUT2D eigenvalue weighted by atomic mass is 16.5. The fourth-order valence-electron chi connectivity index (χ4n) is 2.72. The number of carbonyl (C=O) groups excluding carboxylic acids is 2. The summed E-state index contributed by atoms with van der Waals surface area (Å²) in [5.41, 5.74) is 2.40. The molecule has 6 heteroatoms. The third-order valence-electron chi connectivity index (χ3n) is 4.25. The first-order valence-corrected chi connectivity index (χ1v) is 9.02. The summed E-state index contributed by atoms with van der Waals surface area (Å²) in [6, 6.07) is 12.9. The van der Waals surface area contributed by atoms with Crippen LogP contribution in [0.2, 0.25) is 0 Å². The van der Waals surface area contributed by atoms with E-state index < -0.39 is 0 Å². The smallest absolute Gasteiger partial charge is 0.248 e. The van der Waals surface area contributed by atoms with Gasteiger partial charge < -0.3 is 19.7 Å². The molecule has 1 N–H and O–H groups in total. The number of hydrogen-bond acceptors (Lipinski definition) is 4. The molecule has 0 aromatic heterocycles. The minimum atomic E-state index is -0.256. The average Bonchev–Trinajstić information content (AvgIpc) is 2.70. The first-order chi connectivity index (χ1) is 13.5. The number of benzene rings is 2. The lowest BCUT2D eigenvalue weighted by Crippen LogP contribution is -2.27. The molecular formula is C22H26N2O4. The molecule has 2 rings (SSSR count). The van der Waals surface area contributed by atoms with Gasteiger partial charge in [-0.25, -0.2) is 0 Å². The molecule has 28 heavy (non-hydrogen) atoms. The summed E-state index contributed by atoms with van der Waals surface area (Å²) < 4.78 is 10.5. The Bertz CT molecular complexity index is 861. The lowest BCUT2D eigenvalue weighted by molar-refractivity contribution is -0.129. The van der Waals surface area contributed by atoms with Gasteiger partial charge in [0.1, 0.15) is 11.5 Å². The number of methoxy groups -OCH3 is 2. The number of carbonyl (C=O) groups is 2. The minimum absolute atomic E-state index is 0.0216. The molecule has 6 nitrogen and oxygen atoms in total. The topological polar surface area (TPSA) is 67.9 Å². The summed E-state index contributed by atoms with van der Waals surface area (Å²) in [6.45, 7) is 4.63. The second kappa shape index (κ2) is 10.2. The van der Waals surface area contributed by atoms with Crippen LogP contribution in [0.3, 0.4) is 0 Å². The second-order valence-corrected chi connectivity index (χ2v) is 6.16. The van der Waals surface area contributed by atoms with E-state index in [0.29, 0.717) is 30.3 Å². The van der Waals surface area contributed by atoms with Crippen LogP contribution >= 0.6 is 0 Å². The molecule has 2 aromatic carbocycles. The van der Waals surface area contributed by atoms with E-state index in [9.17, 15) is 9.59 Å². The number of anilines is 1. The number of ether oxygens (including phenoxy) is 2. The van der Waals surface area contributed by atoms with Crippen molar-refractivity contribution in [2.24, 2.45) is 0 Å². The van der Waals surface area contributed by atoms with Gasteiger partial charge >= 0.3 is 0 Å². The third kappa shape index (κ3) is 5.87. The van der Waals surface area contributed by atoms with E-state index in [0.717, 1.165) is 11.1 Å². The number of rotatable bonds is 8. The number of hydrogen-bond donors (Lipinski definition) is 1. The number of nitrogens with zero attached hydrogens (tertiary/aromatic N) is 1. The molecular weight excluding hydrogens is 356 g/mol.